The zero-order valence-corrected chi connectivity index (χ0v) is 17.1. The molecule has 0 spiro atoms. The fourth-order valence-corrected chi connectivity index (χ4v) is 3.25. The fraction of sp³-hybridized carbons (Fsp3) is 0.316. The van der Waals surface area contributed by atoms with Crippen molar-refractivity contribution in [3.8, 4) is 5.75 Å². The highest BCUT2D eigenvalue weighted by Crippen LogP contribution is 2.19. The minimum atomic E-state index is -0.239. The van der Waals surface area contributed by atoms with Gasteiger partial charge < -0.3 is 22.5 Å². The largest absolute Gasteiger partial charge is 1.00 e. The van der Waals surface area contributed by atoms with E-state index in [1.807, 2.05) is 31.3 Å². The van der Waals surface area contributed by atoms with Gasteiger partial charge in [-0.15, -0.1) is 5.10 Å². The molecule has 0 atom stereocenters. The number of rotatable bonds is 10. The number of nitrogens with one attached hydrogen (secondary N) is 1. The van der Waals surface area contributed by atoms with Crippen LogP contribution in [-0.2, 0) is 20.2 Å². The van der Waals surface area contributed by atoms with E-state index in [0.29, 0.717) is 6.61 Å². The number of aromatic nitrogens is 4. The maximum Gasteiger partial charge on any atom is 0.209 e. The summed E-state index contributed by atoms with van der Waals surface area (Å²) in [5, 5.41) is 15.7. The second kappa shape index (κ2) is 11.6. The predicted octanol–water partition coefficient (Wildman–Crippen LogP) is 0.204. The molecule has 0 saturated carbocycles. The van der Waals surface area contributed by atoms with Gasteiger partial charge in [-0.25, -0.2) is 9.07 Å². The molecule has 0 aliphatic carbocycles. The van der Waals surface area contributed by atoms with Crippen molar-refractivity contribution in [3.63, 3.8) is 0 Å². The Morgan fingerprint density at radius 2 is 1.93 bits per heavy atom. The van der Waals surface area contributed by atoms with Crippen molar-refractivity contribution in [2.45, 2.75) is 24.7 Å². The Bertz CT molecular complexity index is 846. The maximum absolute atomic E-state index is 13.0. The van der Waals surface area contributed by atoms with E-state index < -0.39 is 0 Å². The summed E-state index contributed by atoms with van der Waals surface area (Å²) in [6.07, 6.45) is 1.01. The van der Waals surface area contributed by atoms with Crippen LogP contribution >= 0.6 is 11.8 Å². The molecule has 3 rings (SSSR count). The average molecular weight is 423 g/mol. The van der Waals surface area contributed by atoms with Crippen LogP contribution in [0.1, 0.15) is 17.5 Å². The number of para-hydroxylation sites is 1. The van der Waals surface area contributed by atoms with Crippen molar-refractivity contribution in [2.75, 3.05) is 12.3 Å². The van der Waals surface area contributed by atoms with Crippen molar-refractivity contribution < 1.29 is 21.5 Å². The molecule has 0 saturated heterocycles. The maximum atomic E-state index is 13.0. The van der Waals surface area contributed by atoms with Crippen molar-refractivity contribution in [1.82, 2.24) is 25.5 Å². The third kappa shape index (κ3) is 6.78. The van der Waals surface area contributed by atoms with Crippen molar-refractivity contribution in [3.05, 3.63) is 65.5 Å². The summed E-state index contributed by atoms with van der Waals surface area (Å²) >= 11 is 1.65. The third-order valence-corrected chi connectivity index (χ3v) is 5.00. The van der Waals surface area contributed by atoms with Gasteiger partial charge in [0.25, 0.3) is 0 Å². The molecule has 0 aliphatic rings. The zero-order chi connectivity index (χ0) is 18.9. The third-order valence-electron chi connectivity index (χ3n) is 3.91. The Kier molecular flexibility index (Phi) is 9.19. The minimum absolute atomic E-state index is 0. The lowest BCUT2D eigenvalue weighted by molar-refractivity contribution is -0.00000666. The van der Waals surface area contributed by atoms with E-state index in [1.165, 1.54) is 12.1 Å². The smallest absolute Gasteiger partial charge is 0.209 e. The highest BCUT2D eigenvalue weighted by atomic mass is 35.5. The Morgan fingerprint density at radius 3 is 2.68 bits per heavy atom. The number of halogens is 2. The number of nitrogens with zero attached hydrogens (tertiary/aromatic N) is 4. The number of benzene rings is 2. The molecule has 1 aromatic heterocycles. The van der Waals surface area contributed by atoms with Crippen LogP contribution in [-0.4, -0.2) is 32.5 Å². The Hall–Kier alpha value is -2.16. The molecule has 1 heterocycles. The van der Waals surface area contributed by atoms with E-state index in [-0.39, 0.29) is 18.2 Å². The number of aryl methyl sites for hydroxylation is 1. The summed E-state index contributed by atoms with van der Waals surface area (Å²) in [5.74, 6) is 1.55. The topological polar surface area (TPSA) is 64.9 Å². The first kappa shape index (κ1) is 22.1. The predicted molar refractivity (Wildman–Crippen MR) is 103 cm³/mol. The molecule has 0 aliphatic heterocycles. The van der Waals surface area contributed by atoms with Crippen molar-refractivity contribution in [2.24, 2.45) is 7.05 Å². The number of ether oxygens (including phenoxy) is 1. The lowest BCUT2D eigenvalue weighted by atomic mass is 10.2. The zero-order valence-electron chi connectivity index (χ0n) is 15.5. The van der Waals surface area contributed by atoms with E-state index in [0.717, 1.165) is 47.3 Å². The molecule has 0 radical (unpaired) electrons. The van der Waals surface area contributed by atoms with E-state index >= 15 is 0 Å². The van der Waals surface area contributed by atoms with E-state index in [4.69, 9.17) is 4.74 Å². The summed E-state index contributed by atoms with van der Waals surface area (Å²) in [4.78, 5) is 0. The van der Waals surface area contributed by atoms with Crippen LogP contribution in [0.3, 0.4) is 0 Å². The summed E-state index contributed by atoms with van der Waals surface area (Å²) in [7, 11) is 1.84. The second-order valence-electron chi connectivity index (χ2n) is 5.99. The Labute approximate surface area is 174 Å². The van der Waals surface area contributed by atoms with Crippen molar-refractivity contribution >= 4 is 11.8 Å². The van der Waals surface area contributed by atoms with Crippen LogP contribution < -0.4 is 22.5 Å². The lowest BCUT2D eigenvalue weighted by Gasteiger charge is -2.12. The monoisotopic (exact) mass is 422 g/mol. The SMILES string of the molecule is Cn1nnnc1SCCCNCc1ccccc1OCc1ccc(F)cc1.[Cl-]. The van der Waals surface area contributed by atoms with Gasteiger partial charge in [0.15, 0.2) is 0 Å². The molecule has 28 heavy (non-hydrogen) atoms. The summed E-state index contributed by atoms with van der Waals surface area (Å²) < 4.78 is 20.6. The molecular formula is C19H22ClFN5OS-. The molecular weight excluding hydrogens is 401 g/mol. The Balaban J connectivity index is 0.00000280. The molecule has 0 fully saturated rings. The van der Waals surface area contributed by atoms with E-state index in [1.54, 1.807) is 28.6 Å². The minimum Gasteiger partial charge on any atom is -1.00 e. The van der Waals surface area contributed by atoms with Gasteiger partial charge in [0, 0.05) is 24.9 Å². The van der Waals surface area contributed by atoms with Gasteiger partial charge in [0.2, 0.25) is 5.16 Å². The van der Waals surface area contributed by atoms with Gasteiger partial charge in [-0.2, -0.15) is 0 Å². The molecule has 0 amide bonds. The van der Waals surface area contributed by atoms with Gasteiger partial charge in [-0.1, -0.05) is 42.1 Å². The molecule has 150 valence electrons. The van der Waals surface area contributed by atoms with Crippen LogP contribution in [0.2, 0.25) is 0 Å². The molecule has 9 heteroatoms. The van der Waals surface area contributed by atoms with Gasteiger partial charge >= 0.3 is 0 Å². The van der Waals surface area contributed by atoms with E-state index in [2.05, 4.69) is 20.8 Å². The van der Waals surface area contributed by atoms with Crippen LogP contribution in [0, 0.1) is 5.82 Å². The molecule has 6 nitrogen and oxygen atoms in total. The molecule has 2 aromatic carbocycles. The fourth-order valence-electron chi connectivity index (χ4n) is 2.46. The average Bonchev–Trinajstić information content (AvgIpc) is 3.10. The first-order valence-corrected chi connectivity index (χ1v) is 9.72. The van der Waals surface area contributed by atoms with E-state index in [9.17, 15) is 4.39 Å². The highest BCUT2D eigenvalue weighted by molar-refractivity contribution is 7.99. The quantitative estimate of drug-likeness (QED) is 0.372. The molecule has 0 unspecified atom stereocenters. The van der Waals surface area contributed by atoms with Crippen LogP contribution in [0.25, 0.3) is 0 Å². The summed E-state index contributed by atoms with van der Waals surface area (Å²) in [5.41, 5.74) is 2.04. The first-order chi connectivity index (χ1) is 13.2. The van der Waals surface area contributed by atoms with Gasteiger partial charge in [-0.3, -0.25) is 0 Å². The standard InChI is InChI=1S/C19H22FN5OS.ClH/c1-25-19(22-23-24-25)27-12-4-11-21-13-16-5-2-3-6-18(16)26-14-15-7-9-17(20)10-8-15;/h2-3,5-10,21H,4,11-14H2,1H3;1H/p-1. The number of thioether (sulfide) groups is 1. The molecule has 0 bridgehead atoms. The second-order valence-corrected chi connectivity index (χ2v) is 7.05. The summed E-state index contributed by atoms with van der Waals surface area (Å²) in [6.45, 7) is 2.04. The number of tetrazole rings is 1. The van der Waals surface area contributed by atoms with Crippen LogP contribution in [0.4, 0.5) is 4.39 Å². The van der Waals surface area contributed by atoms with Crippen molar-refractivity contribution in [1.29, 1.82) is 0 Å². The van der Waals surface area contributed by atoms with Gasteiger partial charge in [0.1, 0.15) is 18.2 Å². The van der Waals surface area contributed by atoms with Gasteiger partial charge in [0.05, 0.1) is 0 Å². The summed E-state index contributed by atoms with van der Waals surface area (Å²) in [6, 6.07) is 14.3. The Morgan fingerprint density at radius 1 is 1.14 bits per heavy atom. The van der Waals surface area contributed by atoms with Crippen LogP contribution in [0.15, 0.2) is 53.7 Å². The van der Waals surface area contributed by atoms with Crippen LogP contribution in [0.5, 0.6) is 5.75 Å². The molecule has 1 N–H and O–H groups in total. The normalized spacial score (nSPS) is 10.5. The lowest BCUT2D eigenvalue weighted by Crippen LogP contribution is -3.00. The highest BCUT2D eigenvalue weighted by Gasteiger charge is 2.05. The number of hydrogen-bond acceptors (Lipinski definition) is 6. The first-order valence-electron chi connectivity index (χ1n) is 8.73. The van der Waals surface area contributed by atoms with Gasteiger partial charge in [-0.05, 0) is 47.2 Å². The molecule has 3 aromatic rings. The number of hydrogen-bond donors (Lipinski definition) is 1.